The summed E-state index contributed by atoms with van der Waals surface area (Å²) in [5, 5.41) is 5.36. The highest BCUT2D eigenvalue weighted by Crippen LogP contribution is 2.20. The van der Waals surface area contributed by atoms with Crippen molar-refractivity contribution in [2.45, 2.75) is 16.9 Å². The van der Waals surface area contributed by atoms with Gasteiger partial charge in [-0.3, -0.25) is 0 Å². The Kier molecular flexibility index (Phi) is 2.93. The monoisotopic (exact) mass is 222 g/mol. The molecule has 0 aliphatic rings. The molecule has 2 heterocycles. The lowest BCUT2D eigenvalue weighted by Gasteiger charge is -1.99. The zero-order valence-electron chi connectivity index (χ0n) is 8.16. The summed E-state index contributed by atoms with van der Waals surface area (Å²) in [7, 11) is 1.82. The van der Waals surface area contributed by atoms with Crippen LogP contribution in [0.25, 0.3) is 0 Å². The number of nitrogens with two attached hydrogens (primary N) is 1. The average Bonchev–Trinajstić information content (AvgIpc) is 2.66. The summed E-state index contributed by atoms with van der Waals surface area (Å²) < 4.78 is 1.67. The third kappa shape index (κ3) is 2.31. The Hall–Kier alpha value is -1.47. The molecule has 2 aromatic rings. The SMILES string of the molecule is Cn1ncnc1Sc1ncc(CN)cn1. The van der Waals surface area contributed by atoms with E-state index >= 15 is 0 Å². The van der Waals surface area contributed by atoms with Gasteiger partial charge in [0.25, 0.3) is 0 Å². The number of aryl methyl sites for hydroxylation is 1. The Bertz CT molecular complexity index is 437. The van der Waals surface area contributed by atoms with Gasteiger partial charge in [-0.05, 0) is 11.8 Å². The largest absolute Gasteiger partial charge is 0.326 e. The maximum Gasteiger partial charge on any atom is 0.195 e. The Morgan fingerprint density at radius 1 is 1.33 bits per heavy atom. The molecule has 0 radical (unpaired) electrons. The molecule has 0 saturated heterocycles. The van der Waals surface area contributed by atoms with E-state index < -0.39 is 0 Å². The maximum absolute atomic E-state index is 5.45. The zero-order chi connectivity index (χ0) is 10.7. The Morgan fingerprint density at radius 3 is 2.60 bits per heavy atom. The highest BCUT2D eigenvalue weighted by molar-refractivity contribution is 7.99. The highest BCUT2D eigenvalue weighted by atomic mass is 32.2. The van der Waals surface area contributed by atoms with Crippen LogP contribution in [0.3, 0.4) is 0 Å². The predicted octanol–water partition coefficient (Wildman–Crippen LogP) is 0.215. The van der Waals surface area contributed by atoms with Crippen molar-refractivity contribution < 1.29 is 0 Å². The molecule has 0 amide bonds. The fourth-order valence-electron chi connectivity index (χ4n) is 0.961. The fraction of sp³-hybridized carbons (Fsp3) is 0.250. The molecule has 0 atom stereocenters. The number of hydrogen-bond acceptors (Lipinski definition) is 6. The van der Waals surface area contributed by atoms with Crippen LogP contribution in [0.15, 0.2) is 29.0 Å². The normalized spacial score (nSPS) is 10.5. The minimum Gasteiger partial charge on any atom is -0.326 e. The number of aromatic nitrogens is 5. The lowest BCUT2D eigenvalue weighted by molar-refractivity contribution is 0.683. The van der Waals surface area contributed by atoms with Gasteiger partial charge in [-0.1, -0.05) is 0 Å². The van der Waals surface area contributed by atoms with E-state index in [-0.39, 0.29) is 0 Å². The molecule has 0 aliphatic heterocycles. The second-order valence-corrected chi connectivity index (χ2v) is 3.78. The van der Waals surface area contributed by atoms with Gasteiger partial charge in [0, 0.05) is 31.5 Å². The van der Waals surface area contributed by atoms with Crippen LogP contribution in [0.2, 0.25) is 0 Å². The van der Waals surface area contributed by atoms with E-state index in [1.807, 2.05) is 7.05 Å². The molecule has 0 unspecified atom stereocenters. The fourth-order valence-corrected chi connectivity index (χ4v) is 1.61. The van der Waals surface area contributed by atoms with Crippen LogP contribution < -0.4 is 5.73 Å². The summed E-state index contributed by atoms with van der Waals surface area (Å²) >= 11 is 1.37. The second kappa shape index (κ2) is 4.37. The van der Waals surface area contributed by atoms with Crippen molar-refractivity contribution in [1.29, 1.82) is 0 Å². The molecule has 0 bridgehead atoms. The molecule has 0 aromatic carbocycles. The first kappa shape index (κ1) is 10.1. The molecule has 7 heteroatoms. The van der Waals surface area contributed by atoms with Gasteiger partial charge in [-0.25, -0.2) is 19.6 Å². The van der Waals surface area contributed by atoms with Crippen LogP contribution in [0, 0.1) is 0 Å². The molecule has 2 N–H and O–H groups in total. The summed E-state index contributed by atoms with van der Waals surface area (Å²) in [5.74, 6) is 0. The third-order valence-electron chi connectivity index (χ3n) is 1.77. The van der Waals surface area contributed by atoms with E-state index in [4.69, 9.17) is 5.73 Å². The van der Waals surface area contributed by atoms with E-state index in [9.17, 15) is 0 Å². The standard InChI is InChI=1S/C8H10N6S/c1-14-8(12-5-13-14)15-7-10-3-6(2-9)4-11-7/h3-5H,2,9H2,1H3. The van der Waals surface area contributed by atoms with Crippen molar-refractivity contribution in [2.24, 2.45) is 12.8 Å². The summed E-state index contributed by atoms with van der Waals surface area (Å²) in [4.78, 5) is 12.4. The van der Waals surface area contributed by atoms with Gasteiger partial charge in [-0.2, -0.15) is 5.10 Å². The van der Waals surface area contributed by atoms with Crippen LogP contribution >= 0.6 is 11.8 Å². The molecule has 0 aliphatic carbocycles. The minimum atomic E-state index is 0.453. The molecule has 2 aromatic heterocycles. The topological polar surface area (TPSA) is 82.5 Å². The van der Waals surface area contributed by atoms with Gasteiger partial charge in [-0.15, -0.1) is 0 Å². The van der Waals surface area contributed by atoms with Gasteiger partial charge in [0.15, 0.2) is 10.3 Å². The van der Waals surface area contributed by atoms with Crippen molar-refractivity contribution in [3.63, 3.8) is 0 Å². The summed E-state index contributed by atoms with van der Waals surface area (Å²) in [6, 6.07) is 0. The number of hydrogen-bond donors (Lipinski definition) is 1. The Labute approximate surface area is 90.9 Å². The van der Waals surface area contributed by atoms with Gasteiger partial charge in [0.1, 0.15) is 6.33 Å². The van der Waals surface area contributed by atoms with E-state index in [0.29, 0.717) is 11.7 Å². The summed E-state index contributed by atoms with van der Waals surface area (Å²) in [6.45, 7) is 0.453. The first-order chi connectivity index (χ1) is 7.29. The molecule has 15 heavy (non-hydrogen) atoms. The van der Waals surface area contributed by atoms with Crippen LogP contribution in [0.1, 0.15) is 5.56 Å². The molecular weight excluding hydrogens is 212 g/mol. The second-order valence-electron chi connectivity index (χ2n) is 2.85. The lowest BCUT2D eigenvalue weighted by Crippen LogP contribution is -1.99. The summed E-state index contributed by atoms with van der Waals surface area (Å²) in [6.07, 6.45) is 4.92. The molecule has 78 valence electrons. The first-order valence-corrected chi connectivity index (χ1v) is 5.14. The molecule has 6 nitrogen and oxygen atoms in total. The minimum absolute atomic E-state index is 0.453. The van der Waals surface area contributed by atoms with Crippen LogP contribution in [-0.4, -0.2) is 24.7 Å². The zero-order valence-corrected chi connectivity index (χ0v) is 8.98. The average molecular weight is 222 g/mol. The van der Waals surface area contributed by atoms with Crippen molar-refractivity contribution in [2.75, 3.05) is 0 Å². The number of rotatable bonds is 3. The highest BCUT2D eigenvalue weighted by Gasteiger charge is 2.05. The number of nitrogens with zero attached hydrogens (tertiary/aromatic N) is 5. The van der Waals surface area contributed by atoms with E-state index in [1.165, 1.54) is 18.1 Å². The molecular formula is C8H10N6S. The van der Waals surface area contributed by atoms with Gasteiger partial charge in [0.05, 0.1) is 0 Å². The molecule has 2 rings (SSSR count). The van der Waals surface area contributed by atoms with Gasteiger partial charge in [0.2, 0.25) is 0 Å². The quantitative estimate of drug-likeness (QED) is 0.748. The van der Waals surface area contributed by atoms with E-state index in [1.54, 1.807) is 17.1 Å². The van der Waals surface area contributed by atoms with E-state index in [2.05, 4.69) is 20.1 Å². The van der Waals surface area contributed by atoms with Crippen LogP contribution in [0.5, 0.6) is 0 Å². The Balaban J connectivity index is 2.14. The molecule has 0 saturated carbocycles. The maximum atomic E-state index is 5.45. The predicted molar refractivity (Wildman–Crippen MR) is 55.0 cm³/mol. The van der Waals surface area contributed by atoms with Crippen molar-refractivity contribution in [1.82, 2.24) is 24.7 Å². The molecule has 0 spiro atoms. The lowest BCUT2D eigenvalue weighted by atomic mass is 10.4. The first-order valence-electron chi connectivity index (χ1n) is 4.32. The smallest absolute Gasteiger partial charge is 0.195 e. The van der Waals surface area contributed by atoms with Crippen LogP contribution in [-0.2, 0) is 13.6 Å². The Morgan fingerprint density at radius 2 is 2.07 bits per heavy atom. The summed E-state index contributed by atoms with van der Waals surface area (Å²) in [5.41, 5.74) is 6.36. The van der Waals surface area contributed by atoms with Crippen molar-refractivity contribution in [3.8, 4) is 0 Å². The molecule has 0 fully saturated rings. The van der Waals surface area contributed by atoms with E-state index in [0.717, 1.165) is 10.7 Å². The van der Waals surface area contributed by atoms with Gasteiger partial charge >= 0.3 is 0 Å². The third-order valence-corrected chi connectivity index (χ3v) is 2.72. The van der Waals surface area contributed by atoms with Gasteiger partial charge < -0.3 is 5.73 Å². The van der Waals surface area contributed by atoms with Crippen molar-refractivity contribution >= 4 is 11.8 Å². The van der Waals surface area contributed by atoms with Crippen molar-refractivity contribution in [3.05, 3.63) is 24.3 Å². The van der Waals surface area contributed by atoms with Crippen LogP contribution in [0.4, 0.5) is 0 Å².